The zero-order valence-corrected chi connectivity index (χ0v) is 18.1. The fourth-order valence-corrected chi connectivity index (χ4v) is 4.05. The van der Waals surface area contributed by atoms with Crippen molar-refractivity contribution in [2.24, 2.45) is 0 Å². The molecule has 0 radical (unpaired) electrons. The first-order valence-electron chi connectivity index (χ1n) is 10.5. The van der Waals surface area contributed by atoms with Crippen LogP contribution in [0.2, 0.25) is 0 Å². The van der Waals surface area contributed by atoms with Crippen molar-refractivity contribution in [1.29, 1.82) is 0 Å². The highest BCUT2D eigenvalue weighted by molar-refractivity contribution is 6.35. The zero-order valence-electron chi connectivity index (χ0n) is 18.1. The Hall–Kier alpha value is -4.46. The molecule has 34 heavy (non-hydrogen) atoms. The summed E-state index contributed by atoms with van der Waals surface area (Å²) in [5.74, 6) is -5.42. The van der Waals surface area contributed by atoms with Crippen molar-refractivity contribution in [2.75, 3.05) is 0 Å². The molecule has 0 bridgehead atoms. The van der Waals surface area contributed by atoms with Gasteiger partial charge in [0.1, 0.15) is 5.82 Å². The Kier molecular flexibility index (Phi) is 5.89. The largest absolute Gasteiger partial charge is 0.347 e. The van der Waals surface area contributed by atoms with Crippen LogP contribution in [0.15, 0.2) is 84.9 Å². The second-order valence-corrected chi connectivity index (χ2v) is 7.64. The number of nitrogens with zero attached hydrogens (tertiary/aromatic N) is 2. The molecule has 0 unspecified atom stereocenters. The summed E-state index contributed by atoms with van der Waals surface area (Å²) in [7, 11) is 0. The number of amides is 6. The van der Waals surface area contributed by atoms with E-state index in [1.165, 1.54) is 43.3 Å². The minimum atomic E-state index is -2.04. The van der Waals surface area contributed by atoms with Crippen LogP contribution in [0.4, 0.5) is 9.18 Å². The lowest BCUT2D eigenvalue weighted by Crippen LogP contribution is -2.69. The Balaban J connectivity index is 1.93. The highest BCUT2D eigenvalue weighted by Gasteiger charge is 2.61. The van der Waals surface area contributed by atoms with Crippen molar-refractivity contribution in [3.8, 4) is 0 Å². The minimum Gasteiger partial charge on any atom is -0.272 e. The number of rotatable bonds is 4. The van der Waals surface area contributed by atoms with E-state index in [-0.39, 0.29) is 22.4 Å². The number of barbiturate groups is 1. The van der Waals surface area contributed by atoms with E-state index in [1.807, 2.05) is 0 Å². The maximum atomic E-state index is 14.4. The molecule has 3 aromatic rings. The van der Waals surface area contributed by atoms with Crippen LogP contribution in [0.5, 0.6) is 0 Å². The predicted molar refractivity (Wildman–Crippen MR) is 119 cm³/mol. The summed E-state index contributed by atoms with van der Waals surface area (Å²) in [5, 5.41) is 0. The maximum absolute atomic E-state index is 14.4. The van der Waals surface area contributed by atoms with Gasteiger partial charge < -0.3 is 0 Å². The number of urea groups is 1. The Morgan fingerprint density at radius 2 is 1.24 bits per heavy atom. The fourth-order valence-electron chi connectivity index (χ4n) is 4.05. The smallest absolute Gasteiger partial charge is 0.272 e. The Labute approximate surface area is 194 Å². The molecule has 7 nitrogen and oxygen atoms in total. The normalized spacial score (nSPS) is 18.2. The summed E-state index contributed by atoms with van der Waals surface area (Å²) >= 11 is 0. The van der Waals surface area contributed by atoms with Gasteiger partial charge in [0.05, 0.1) is 5.56 Å². The van der Waals surface area contributed by atoms with Crippen LogP contribution in [0.3, 0.4) is 0 Å². The van der Waals surface area contributed by atoms with Crippen LogP contribution >= 0.6 is 0 Å². The van der Waals surface area contributed by atoms with E-state index in [2.05, 4.69) is 0 Å². The van der Waals surface area contributed by atoms with Crippen molar-refractivity contribution in [3.05, 3.63) is 107 Å². The molecule has 1 atom stereocenters. The van der Waals surface area contributed by atoms with Gasteiger partial charge in [0.15, 0.2) is 5.41 Å². The molecule has 1 aliphatic rings. The lowest BCUT2D eigenvalue weighted by atomic mass is 9.74. The first kappa shape index (κ1) is 22.7. The van der Waals surface area contributed by atoms with Gasteiger partial charge in [-0.15, -0.1) is 0 Å². The molecule has 0 spiro atoms. The van der Waals surface area contributed by atoms with E-state index in [0.29, 0.717) is 4.90 Å². The second-order valence-electron chi connectivity index (χ2n) is 7.64. The highest BCUT2D eigenvalue weighted by Crippen LogP contribution is 2.38. The number of benzene rings is 3. The number of imide groups is 6. The highest BCUT2D eigenvalue weighted by atomic mass is 19.1. The first-order chi connectivity index (χ1) is 16.3. The predicted octanol–water partition coefficient (Wildman–Crippen LogP) is 3.95. The molecule has 0 saturated carbocycles. The first-order valence-corrected chi connectivity index (χ1v) is 10.5. The monoisotopic (exact) mass is 458 g/mol. The quantitative estimate of drug-likeness (QED) is 0.436. The van der Waals surface area contributed by atoms with Gasteiger partial charge in [-0.3, -0.25) is 19.2 Å². The summed E-state index contributed by atoms with van der Waals surface area (Å²) in [5.41, 5.74) is -2.36. The number of carbonyl (C=O) groups excluding carboxylic acids is 5. The van der Waals surface area contributed by atoms with Crippen LogP contribution in [0, 0.1) is 5.82 Å². The molecule has 0 aliphatic carbocycles. The molecule has 3 aromatic carbocycles. The Morgan fingerprint density at radius 3 is 1.79 bits per heavy atom. The van der Waals surface area contributed by atoms with Gasteiger partial charge in [0.2, 0.25) is 0 Å². The molecular formula is C26H19FN2O5. The topological polar surface area (TPSA) is 91.8 Å². The molecule has 4 rings (SSSR count). The van der Waals surface area contributed by atoms with Crippen molar-refractivity contribution < 1.29 is 28.4 Å². The van der Waals surface area contributed by atoms with Crippen molar-refractivity contribution in [3.63, 3.8) is 0 Å². The molecule has 1 heterocycles. The summed E-state index contributed by atoms with van der Waals surface area (Å²) in [6.07, 6.45) is -0.151. The molecule has 1 aliphatic heterocycles. The van der Waals surface area contributed by atoms with Gasteiger partial charge >= 0.3 is 6.03 Å². The standard InChI is InChI=1S/C26H19FN2O5/c1-2-26(18-13-7-4-8-14-18)23(32)28(21(30)17-11-5-3-6-12-17)25(34)29(24(26)33)22(31)19-15-9-10-16-20(19)27/h3-16H,2H2,1H3/t26-/m1/s1. The molecule has 170 valence electrons. The van der Waals surface area contributed by atoms with Gasteiger partial charge in [-0.1, -0.05) is 67.6 Å². The SMILES string of the molecule is CC[C@@]1(c2ccccc2)C(=O)N(C(=O)c2ccccc2)C(=O)N(C(=O)c2ccccc2F)C1=O. The average molecular weight is 458 g/mol. The Bertz CT molecular complexity index is 1310. The van der Waals surface area contributed by atoms with Crippen LogP contribution in [0.25, 0.3) is 0 Å². The van der Waals surface area contributed by atoms with Crippen molar-refractivity contribution in [1.82, 2.24) is 9.80 Å². The van der Waals surface area contributed by atoms with E-state index in [0.717, 1.165) is 12.1 Å². The third-order valence-electron chi connectivity index (χ3n) is 5.85. The summed E-state index contributed by atoms with van der Waals surface area (Å²) in [6.45, 7) is 1.54. The van der Waals surface area contributed by atoms with Gasteiger partial charge in [-0.25, -0.2) is 9.18 Å². The van der Waals surface area contributed by atoms with E-state index >= 15 is 0 Å². The number of hydrogen-bond donors (Lipinski definition) is 0. The van der Waals surface area contributed by atoms with E-state index in [1.54, 1.807) is 36.4 Å². The molecule has 8 heteroatoms. The average Bonchev–Trinajstić information content (AvgIpc) is 2.86. The molecular weight excluding hydrogens is 439 g/mol. The van der Waals surface area contributed by atoms with Gasteiger partial charge in [-0.2, -0.15) is 9.80 Å². The van der Waals surface area contributed by atoms with Crippen LogP contribution in [0.1, 0.15) is 39.6 Å². The molecule has 0 aromatic heterocycles. The van der Waals surface area contributed by atoms with Crippen LogP contribution < -0.4 is 0 Å². The Morgan fingerprint density at radius 1 is 0.735 bits per heavy atom. The van der Waals surface area contributed by atoms with E-state index in [9.17, 15) is 28.4 Å². The minimum absolute atomic E-state index is 0.00917. The zero-order chi connectivity index (χ0) is 24.5. The van der Waals surface area contributed by atoms with Crippen LogP contribution in [-0.2, 0) is 15.0 Å². The second kappa shape index (κ2) is 8.82. The maximum Gasteiger partial charge on any atom is 0.347 e. The van der Waals surface area contributed by atoms with Gasteiger partial charge in [0.25, 0.3) is 23.6 Å². The van der Waals surface area contributed by atoms with Crippen molar-refractivity contribution >= 4 is 29.7 Å². The number of hydrogen-bond acceptors (Lipinski definition) is 5. The number of carbonyl (C=O) groups is 5. The lowest BCUT2D eigenvalue weighted by Gasteiger charge is -2.42. The summed E-state index contributed by atoms with van der Waals surface area (Å²) in [6, 6.07) is 18.8. The van der Waals surface area contributed by atoms with Gasteiger partial charge in [0, 0.05) is 5.56 Å². The fraction of sp³-hybridized carbons (Fsp3) is 0.115. The van der Waals surface area contributed by atoms with Crippen LogP contribution in [-0.4, -0.2) is 39.5 Å². The third kappa shape index (κ3) is 3.40. The van der Waals surface area contributed by atoms with E-state index in [4.69, 9.17) is 0 Å². The molecule has 1 fully saturated rings. The van der Waals surface area contributed by atoms with E-state index < -0.39 is 46.5 Å². The number of halogens is 1. The molecule has 0 N–H and O–H groups in total. The lowest BCUT2D eigenvalue weighted by molar-refractivity contribution is -0.148. The third-order valence-corrected chi connectivity index (χ3v) is 5.85. The van der Waals surface area contributed by atoms with Crippen molar-refractivity contribution in [2.45, 2.75) is 18.8 Å². The molecule has 6 amide bonds. The summed E-state index contributed by atoms with van der Waals surface area (Å²) in [4.78, 5) is 67.9. The summed E-state index contributed by atoms with van der Waals surface area (Å²) < 4.78 is 14.4. The van der Waals surface area contributed by atoms with Gasteiger partial charge in [-0.05, 0) is 36.2 Å². The molecule has 1 saturated heterocycles.